The van der Waals surface area contributed by atoms with Crippen LogP contribution < -0.4 is 11.1 Å². The standard InChI is InChI=1S/C17H19N3O4/c18-9-2-1-4-10-5-3-6-11-14(10)17(24)20(16(11)23)12-7-8-13(21)19-15(12)22/h3,5-6,12H,1-2,4,7-9,18H2,(H,19,21,22). The Morgan fingerprint density at radius 3 is 2.62 bits per heavy atom. The van der Waals surface area contributed by atoms with E-state index in [4.69, 9.17) is 5.73 Å². The molecule has 0 radical (unpaired) electrons. The first-order valence-electron chi connectivity index (χ1n) is 8.08. The number of piperidine rings is 1. The molecule has 7 nitrogen and oxygen atoms in total. The number of imide groups is 2. The van der Waals surface area contributed by atoms with Gasteiger partial charge in [-0.1, -0.05) is 12.1 Å². The van der Waals surface area contributed by atoms with Crippen molar-refractivity contribution in [2.24, 2.45) is 5.73 Å². The topological polar surface area (TPSA) is 110 Å². The molecule has 3 rings (SSSR count). The zero-order valence-corrected chi connectivity index (χ0v) is 13.2. The van der Waals surface area contributed by atoms with Crippen LogP contribution in [0.25, 0.3) is 0 Å². The molecule has 1 aromatic rings. The smallest absolute Gasteiger partial charge is 0.262 e. The highest BCUT2D eigenvalue weighted by Crippen LogP contribution is 2.30. The summed E-state index contributed by atoms with van der Waals surface area (Å²) in [5, 5.41) is 2.19. The fourth-order valence-electron chi connectivity index (χ4n) is 3.25. The Hall–Kier alpha value is -2.54. The van der Waals surface area contributed by atoms with Crippen LogP contribution in [0.5, 0.6) is 0 Å². The van der Waals surface area contributed by atoms with Gasteiger partial charge in [0.15, 0.2) is 0 Å². The van der Waals surface area contributed by atoms with E-state index >= 15 is 0 Å². The lowest BCUT2D eigenvalue weighted by Gasteiger charge is -2.27. The Morgan fingerprint density at radius 1 is 1.12 bits per heavy atom. The van der Waals surface area contributed by atoms with Gasteiger partial charge in [0.05, 0.1) is 11.1 Å². The molecule has 3 N–H and O–H groups in total. The molecule has 0 saturated carbocycles. The van der Waals surface area contributed by atoms with E-state index in [1.165, 1.54) is 0 Å². The lowest BCUT2D eigenvalue weighted by Crippen LogP contribution is -2.54. The Bertz CT molecular complexity index is 729. The highest BCUT2D eigenvalue weighted by atomic mass is 16.2. The maximum absolute atomic E-state index is 12.8. The zero-order valence-electron chi connectivity index (χ0n) is 13.2. The molecule has 1 saturated heterocycles. The summed E-state index contributed by atoms with van der Waals surface area (Å²) in [6.45, 7) is 0.574. The molecule has 1 fully saturated rings. The molecule has 1 aromatic carbocycles. The number of nitrogens with one attached hydrogen (secondary N) is 1. The number of benzene rings is 1. The number of aryl methyl sites for hydroxylation is 1. The van der Waals surface area contributed by atoms with Gasteiger partial charge >= 0.3 is 0 Å². The minimum Gasteiger partial charge on any atom is -0.330 e. The largest absolute Gasteiger partial charge is 0.330 e. The number of nitrogens with two attached hydrogens (primary N) is 1. The molecule has 2 aliphatic heterocycles. The van der Waals surface area contributed by atoms with E-state index in [1.807, 2.05) is 6.07 Å². The van der Waals surface area contributed by atoms with Gasteiger partial charge in [-0.3, -0.25) is 29.4 Å². The van der Waals surface area contributed by atoms with Gasteiger partial charge in [-0.2, -0.15) is 0 Å². The number of nitrogens with zero attached hydrogens (tertiary/aromatic N) is 1. The summed E-state index contributed by atoms with van der Waals surface area (Å²) in [5.74, 6) is -1.89. The quantitative estimate of drug-likeness (QED) is 0.599. The molecule has 1 atom stereocenters. The molecule has 4 amide bonds. The van der Waals surface area contributed by atoms with Gasteiger partial charge in [-0.05, 0) is 43.9 Å². The number of hydrogen-bond acceptors (Lipinski definition) is 5. The summed E-state index contributed by atoms with van der Waals surface area (Å²) < 4.78 is 0. The molecule has 0 aliphatic carbocycles. The second-order valence-corrected chi connectivity index (χ2v) is 6.03. The third-order valence-electron chi connectivity index (χ3n) is 4.45. The molecule has 0 bridgehead atoms. The molecule has 7 heteroatoms. The summed E-state index contributed by atoms with van der Waals surface area (Å²) in [5.41, 5.74) is 7.01. The van der Waals surface area contributed by atoms with E-state index in [9.17, 15) is 19.2 Å². The molecule has 2 heterocycles. The number of carbonyl (C=O) groups excluding carboxylic acids is 4. The molecule has 0 aromatic heterocycles. The number of carbonyl (C=O) groups is 4. The first-order valence-corrected chi connectivity index (χ1v) is 8.08. The third kappa shape index (κ3) is 2.71. The maximum atomic E-state index is 12.8. The summed E-state index contributed by atoms with van der Waals surface area (Å²) in [7, 11) is 0. The van der Waals surface area contributed by atoms with Crippen molar-refractivity contribution in [3.8, 4) is 0 Å². The Balaban J connectivity index is 1.89. The van der Waals surface area contributed by atoms with Crippen molar-refractivity contribution in [3.05, 3.63) is 34.9 Å². The van der Waals surface area contributed by atoms with Crippen molar-refractivity contribution in [2.45, 2.75) is 38.1 Å². The number of fused-ring (bicyclic) bond motifs is 1. The van der Waals surface area contributed by atoms with Crippen molar-refractivity contribution >= 4 is 23.6 Å². The predicted octanol–water partition coefficient (Wildman–Crippen LogP) is 0.369. The molecule has 2 aliphatic rings. The van der Waals surface area contributed by atoms with E-state index in [0.29, 0.717) is 24.1 Å². The van der Waals surface area contributed by atoms with Gasteiger partial charge < -0.3 is 5.73 Å². The van der Waals surface area contributed by atoms with Crippen LogP contribution in [-0.2, 0) is 16.0 Å². The van der Waals surface area contributed by atoms with Crippen LogP contribution in [0.1, 0.15) is 52.0 Å². The number of unbranched alkanes of at least 4 members (excludes halogenated alkanes) is 1. The minimum atomic E-state index is -0.924. The number of hydrogen-bond donors (Lipinski definition) is 2. The van der Waals surface area contributed by atoms with Crippen LogP contribution in [0.4, 0.5) is 0 Å². The maximum Gasteiger partial charge on any atom is 0.262 e. The lowest BCUT2D eigenvalue weighted by molar-refractivity contribution is -0.136. The molecule has 1 unspecified atom stereocenters. The SMILES string of the molecule is NCCCCc1cccc2c1C(=O)N(C1CCC(=O)NC1=O)C2=O. The van der Waals surface area contributed by atoms with Gasteiger partial charge in [0.25, 0.3) is 11.8 Å². The van der Waals surface area contributed by atoms with Crippen molar-refractivity contribution < 1.29 is 19.2 Å². The fourth-order valence-corrected chi connectivity index (χ4v) is 3.25. The molecular formula is C17H19N3O4. The fraction of sp³-hybridized carbons (Fsp3) is 0.412. The van der Waals surface area contributed by atoms with Gasteiger partial charge in [0.2, 0.25) is 11.8 Å². The Kier molecular flexibility index (Phi) is 4.44. The highest BCUT2D eigenvalue weighted by molar-refractivity contribution is 6.24. The van der Waals surface area contributed by atoms with E-state index < -0.39 is 23.8 Å². The zero-order chi connectivity index (χ0) is 17.3. The summed E-state index contributed by atoms with van der Waals surface area (Å²) in [6, 6.07) is 4.25. The molecule has 24 heavy (non-hydrogen) atoms. The number of amides is 4. The second-order valence-electron chi connectivity index (χ2n) is 6.03. The highest BCUT2D eigenvalue weighted by Gasteiger charge is 2.45. The Morgan fingerprint density at radius 2 is 1.92 bits per heavy atom. The normalized spacial score (nSPS) is 20.4. The molecular weight excluding hydrogens is 310 g/mol. The Labute approximate surface area is 139 Å². The lowest BCUT2D eigenvalue weighted by atomic mass is 9.98. The van der Waals surface area contributed by atoms with E-state index in [1.54, 1.807) is 12.1 Å². The average Bonchev–Trinajstić information content (AvgIpc) is 2.81. The second kappa shape index (κ2) is 6.52. The van der Waals surface area contributed by atoms with Crippen molar-refractivity contribution in [2.75, 3.05) is 6.54 Å². The average molecular weight is 329 g/mol. The van der Waals surface area contributed by atoms with Crippen molar-refractivity contribution in [1.82, 2.24) is 10.2 Å². The van der Waals surface area contributed by atoms with Crippen molar-refractivity contribution in [1.29, 1.82) is 0 Å². The van der Waals surface area contributed by atoms with E-state index in [2.05, 4.69) is 5.32 Å². The molecule has 0 spiro atoms. The van der Waals surface area contributed by atoms with Gasteiger partial charge in [-0.25, -0.2) is 0 Å². The van der Waals surface area contributed by atoms with Crippen LogP contribution in [0.15, 0.2) is 18.2 Å². The summed E-state index contributed by atoms with van der Waals surface area (Å²) >= 11 is 0. The van der Waals surface area contributed by atoms with E-state index in [0.717, 1.165) is 23.3 Å². The predicted molar refractivity (Wildman–Crippen MR) is 85.1 cm³/mol. The van der Waals surface area contributed by atoms with Crippen LogP contribution in [0, 0.1) is 0 Å². The van der Waals surface area contributed by atoms with E-state index in [-0.39, 0.29) is 18.7 Å². The van der Waals surface area contributed by atoms with Gasteiger partial charge in [-0.15, -0.1) is 0 Å². The van der Waals surface area contributed by atoms with Crippen LogP contribution in [0.3, 0.4) is 0 Å². The number of rotatable bonds is 5. The summed E-state index contributed by atoms with van der Waals surface area (Å²) in [4.78, 5) is 49.8. The minimum absolute atomic E-state index is 0.118. The summed E-state index contributed by atoms with van der Waals surface area (Å²) in [6.07, 6.45) is 2.60. The first-order chi connectivity index (χ1) is 11.5. The molecule has 126 valence electrons. The van der Waals surface area contributed by atoms with Gasteiger partial charge in [0, 0.05) is 6.42 Å². The third-order valence-corrected chi connectivity index (χ3v) is 4.45. The van der Waals surface area contributed by atoms with Crippen LogP contribution in [0.2, 0.25) is 0 Å². The van der Waals surface area contributed by atoms with Crippen molar-refractivity contribution in [3.63, 3.8) is 0 Å². The first kappa shape index (κ1) is 16.3. The van der Waals surface area contributed by atoms with Crippen LogP contribution in [-0.4, -0.2) is 41.1 Å². The van der Waals surface area contributed by atoms with Gasteiger partial charge in [0.1, 0.15) is 6.04 Å². The monoisotopic (exact) mass is 329 g/mol. The van der Waals surface area contributed by atoms with Crippen LogP contribution >= 0.6 is 0 Å².